The average Bonchev–Trinajstić information content (AvgIpc) is 3.35. The molecule has 0 fully saturated rings. The standard InChI is InChI=1S/C20H17F5N6O2S/c1-30(16-9-33-17-5-10(3-4-11(16)17)34(21,22,23,24)25)20(32)14-6-12-15(8-27-14)29-19(26)13-7-28-31(2)18(12)13/h3-8,16H,9H2,1-2H3,(H2,26,29)/t16-/m1/s1. The summed E-state index contributed by atoms with van der Waals surface area (Å²) in [6, 6.07) is 2.22. The summed E-state index contributed by atoms with van der Waals surface area (Å²) in [5.74, 6) is -0.635. The number of hydrogen-bond donors (Lipinski definition) is 1. The lowest BCUT2D eigenvalue weighted by molar-refractivity contribution is 0.0703. The van der Waals surface area contributed by atoms with E-state index in [1.807, 2.05) is 0 Å². The molecule has 0 saturated carbocycles. The molecule has 0 aliphatic carbocycles. The molecule has 0 saturated heterocycles. The third-order valence-corrected chi connectivity index (χ3v) is 6.93. The summed E-state index contributed by atoms with van der Waals surface area (Å²) in [4.78, 5) is 20.8. The first kappa shape index (κ1) is 22.1. The van der Waals surface area contributed by atoms with Crippen molar-refractivity contribution < 1.29 is 29.0 Å². The highest BCUT2D eigenvalue weighted by Gasteiger charge is 2.65. The van der Waals surface area contributed by atoms with E-state index in [0.29, 0.717) is 27.9 Å². The molecule has 4 heterocycles. The second kappa shape index (κ2) is 6.25. The zero-order valence-electron chi connectivity index (χ0n) is 17.7. The number of carbonyl (C=O) groups is 1. The number of rotatable bonds is 3. The van der Waals surface area contributed by atoms with Crippen LogP contribution in [0.3, 0.4) is 0 Å². The highest BCUT2D eigenvalue weighted by molar-refractivity contribution is 8.45. The number of anilines is 1. The summed E-state index contributed by atoms with van der Waals surface area (Å²) in [6.07, 6.45) is 2.94. The molecular weight excluding hydrogens is 483 g/mol. The van der Waals surface area contributed by atoms with Crippen molar-refractivity contribution >= 4 is 43.8 Å². The number of nitrogens with zero attached hydrogens (tertiary/aromatic N) is 5. The summed E-state index contributed by atoms with van der Waals surface area (Å²) < 4.78 is 72.5. The molecule has 14 heteroatoms. The van der Waals surface area contributed by atoms with Gasteiger partial charge < -0.3 is 15.4 Å². The van der Waals surface area contributed by atoms with Gasteiger partial charge in [-0.1, -0.05) is 25.5 Å². The van der Waals surface area contributed by atoms with Gasteiger partial charge in [0.25, 0.3) is 5.91 Å². The van der Waals surface area contributed by atoms with Crippen LogP contribution in [0, 0.1) is 0 Å². The molecule has 1 atom stereocenters. The molecule has 0 unspecified atom stereocenters. The zero-order chi connectivity index (χ0) is 24.7. The first-order valence-electron chi connectivity index (χ1n) is 9.79. The molecular formula is C20H17F5N6O2S. The maximum Gasteiger partial charge on any atom is 0.310 e. The van der Waals surface area contributed by atoms with Crippen LogP contribution in [0.5, 0.6) is 5.75 Å². The maximum absolute atomic E-state index is 13.2. The minimum absolute atomic E-state index is 0.0427. The number of fused-ring (bicyclic) bond motifs is 4. The van der Waals surface area contributed by atoms with Crippen molar-refractivity contribution in [3.8, 4) is 5.75 Å². The Morgan fingerprint density at radius 1 is 1.18 bits per heavy atom. The highest BCUT2D eigenvalue weighted by Crippen LogP contribution is 3.02. The van der Waals surface area contributed by atoms with Crippen LogP contribution in [-0.2, 0) is 7.05 Å². The Bertz CT molecular complexity index is 1520. The van der Waals surface area contributed by atoms with Gasteiger partial charge in [0.1, 0.15) is 28.8 Å². The van der Waals surface area contributed by atoms with Crippen molar-refractivity contribution in [2.45, 2.75) is 10.9 Å². The molecule has 0 radical (unpaired) electrons. The quantitative estimate of drug-likeness (QED) is 0.399. The summed E-state index contributed by atoms with van der Waals surface area (Å²) in [7, 11) is -6.72. The SMILES string of the molecule is CN(C(=O)c1cc2c(cn1)nc(N)c1cnn(C)c12)[C@@H]1COc2cc(S(F)(F)(F)(F)F)ccc21. The van der Waals surface area contributed by atoms with E-state index in [4.69, 9.17) is 10.5 Å². The van der Waals surface area contributed by atoms with Crippen molar-refractivity contribution in [2.24, 2.45) is 7.05 Å². The van der Waals surface area contributed by atoms with Crippen LogP contribution in [0.15, 0.2) is 41.6 Å². The number of aryl methyl sites for hydroxylation is 1. The Balaban J connectivity index is 1.51. The number of halogens is 5. The Morgan fingerprint density at radius 2 is 1.91 bits per heavy atom. The maximum atomic E-state index is 13.2. The largest absolute Gasteiger partial charge is 0.491 e. The van der Waals surface area contributed by atoms with E-state index in [9.17, 15) is 24.2 Å². The number of likely N-dealkylation sites (N-methyl/N-ethyl adjacent to an activating group) is 1. The highest BCUT2D eigenvalue weighted by atomic mass is 32.5. The fourth-order valence-electron chi connectivity index (χ4n) is 4.03. The number of amides is 1. The van der Waals surface area contributed by atoms with Crippen LogP contribution in [-0.4, -0.2) is 44.2 Å². The lowest BCUT2D eigenvalue weighted by Gasteiger charge is -2.40. The number of aromatic nitrogens is 4. The van der Waals surface area contributed by atoms with E-state index in [1.54, 1.807) is 17.9 Å². The first-order chi connectivity index (χ1) is 15.6. The lowest BCUT2D eigenvalue weighted by atomic mass is 10.1. The summed E-state index contributed by atoms with van der Waals surface area (Å²) in [5, 5.41) is 5.36. The van der Waals surface area contributed by atoms with Crippen molar-refractivity contribution in [1.29, 1.82) is 0 Å². The van der Waals surface area contributed by atoms with Gasteiger partial charge in [0, 0.05) is 31.1 Å². The Hall–Kier alpha value is -3.68. The van der Waals surface area contributed by atoms with Gasteiger partial charge in [0.15, 0.2) is 0 Å². The Morgan fingerprint density at radius 3 is 2.62 bits per heavy atom. The Labute approximate surface area is 188 Å². The fourth-order valence-corrected chi connectivity index (χ4v) is 4.69. The van der Waals surface area contributed by atoms with E-state index in [2.05, 4.69) is 15.1 Å². The molecule has 1 aliphatic heterocycles. The molecule has 4 aromatic rings. The zero-order valence-corrected chi connectivity index (χ0v) is 18.5. The predicted molar refractivity (Wildman–Crippen MR) is 116 cm³/mol. The molecule has 8 nitrogen and oxygen atoms in total. The number of nitrogens with two attached hydrogens (primary N) is 1. The smallest absolute Gasteiger partial charge is 0.310 e. The average molecular weight is 500 g/mol. The second-order valence-corrected chi connectivity index (χ2v) is 10.4. The van der Waals surface area contributed by atoms with Crippen LogP contribution < -0.4 is 10.5 Å². The molecule has 1 aromatic carbocycles. The third-order valence-electron chi connectivity index (χ3n) is 5.79. The van der Waals surface area contributed by atoms with Gasteiger partial charge in [-0.15, -0.1) is 0 Å². The third kappa shape index (κ3) is 3.45. The van der Waals surface area contributed by atoms with Gasteiger partial charge in [-0.25, -0.2) is 9.97 Å². The predicted octanol–water partition coefficient (Wildman–Crippen LogP) is 4.96. The van der Waals surface area contributed by atoms with E-state index in [0.717, 1.165) is 6.07 Å². The van der Waals surface area contributed by atoms with E-state index in [1.165, 1.54) is 24.2 Å². The summed E-state index contributed by atoms with van der Waals surface area (Å²) in [6.45, 7) is -0.195. The molecule has 0 spiro atoms. The topological polar surface area (TPSA) is 99.2 Å². The van der Waals surface area contributed by atoms with Gasteiger partial charge in [-0.3, -0.25) is 9.48 Å². The molecule has 2 N–H and O–H groups in total. The molecule has 1 aliphatic rings. The van der Waals surface area contributed by atoms with E-state index < -0.39 is 27.1 Å². The second-order valence-electron chi connectivity index (χ2n) is 8.03. The minimum atomic E-state index is -9.86. The number of hydrogen-bond acceptors (Lipinski definition) is 6. The molecule has 34 heavy (non-hydrogen) atoms. The first-order valence-corrected chi connectivity index (χ1v) is 11.7. The van der Waals surface area contributed by atoms with E-state index in [-0.39, 0.29) is 35.5 Å². The Kier molecular flexibility index (Phi) is 4.07. The molecule has 1 amide bonds. The van der Waals surface area contributed by atoms with Gasteiger partial charge in [0.2, 0.25) is 0 Å². The fraction of sp³-hybridized carbons (Fsp3) is 0.200. The number of nitrogen functional groups attached to an aromatic ring is 1. The van der Waals surface area contributed by atoms with Crippen LogP contribution in [0.4, 0.5) is 25.2 Å². The number of benzene rings is 1. The summed E-state index contributed by atoms with van der Waals surface area (Å²) >= 11 is 0. The molecule has 0 bridgehead atoms. The van der Waals surface area contributed by atoms with Gasteiger partial charge in [-0.2, -0.15) is 5.10 Å². The van der Waals surface area contributed by atoms with Crippen molar-refractivity contribution in [2.75, 3.05) is 19.4 Å². The van der Waals surface area contributed by atoms with E-state index >= 15 is 0 Å². The van der Waals surface area contributed by atoms with Crippen LogP contribution in [0.1, 0.15) is 22.1 Å². The van der Waals surface area contributed by atoms with Crippen molar-refractivity contribution in [3.05, 3.63) is 47.9 Å². The van der Waals surface area contributed by atoms with Crippen LogP contribution >= 0.6 is 10.2 Å². The van der Waals surface area contributed by atoms with Crippen LogP contribution in [0.2, 0.25) is 0 Å². The monoisotopic (exact) mass is 500 g/mol. The summed E-state index contributed by atoms with van der Waals surface area (Å²) in [5.41, 5.74) is 7.30. The van der Waals surface area contributed by atoms with Crippen molar-refractivity contribution in [1.82, 2.24) is 24.6 Å². The molecule has 180 valence electrons. The normalized spacial score (nSPS) is 17.8. The van der Waals surface area contributed by atoms with Gasteiger partial charge in [0.05, 0.1) is 34.9 Å². The minimum Gasteiger partial charge on any atom is -0.491 e. The van der Waals surface area contributed by atoms with Gasteiger partial charge >= 0.3 is 10.2 Å². The number of carbonyl (C=O) groups excluding carboxylic acids is 1. The lowest BCUT2D eigenvalue weighted by Crippen LogP contribution is -2.32. The van der Waals surface area contributed by atoms with Gasteiger partial charge in [-0.05, 0) is 12.1 Å². The molecule has 5 rings (SSSR count). The number of ether oxygens (including phenoxy) is 1. The van der Waals surface area contributed by atoms with Crippen LogP contribution in [0.25, 0.3) is 21.8 Å². The number of pyridine rings is 2. The van der Waals surface area contributed by atoms with Crippen molar-refractivity contribution in [3.63, 3.8) is 0 Å². The molecule has 3 aromatic heterocycles.